The number of allylic oxidation sites excluding steroid dienone is 1. The van der Waals surface area contributed by atoms with Gasteiger partial charge in [-0.2, -0.15) is 0 Å². The summed E-state index contributed by atoms with van der Waals surface area (Å²) in [5.74, 6) is 1.90. The number of benzene rings is 2. The standard InChI is InChI=1S/C25H22BrN5OS2/c1-2-12-31-23(20-13-19(20)16-6-4-3-5-7-16)29-30-25(31)34-15-22(32)28-24-27-21(14-33-24)17-8-10-18(26)11-9-17/h2-11,14,19-20H,1,12-13,15H2,(H,27,28,32). The Morgan fingerprint density at radius 2 is 1.97 bits per heavy atom. The van der Waals surface area contributed by atoms with Crippen molar-refractivity contribution in [2.45, 2.75) is 30.0 Å². The van der Waals surface area contributed by atoms with Gasteiger partial charge in [0.1, 0.15) is 5.82 Å². The molecule has 6 nitrogen and oxygen atoms in total. The molecule has 2 unspecified atom stereocenters. The van der Waals surface area contributed by atoms with Crippen LogP contribution in [0.3, 0.4) is 0 Å². The second kappa shape index (κ2) is 10.2. The van der Waals surface area contributed by atoms with Crippen LogP contribution in [0.2, 0.25) is 0 Å². The molecule has 0 radical (unpaired) electrons. The lowest BCUT2D eigenvalue weighted by Gasteiger charge is -2.07. The van der Waals surface area contributed by atoms with Gasteiger partial charge in [-0.3, -0.25) is 4.79 Å². The molecule has 4 aromatic rings. The van der Waals surface area contributed by atoms with Gasteiger partial charge in [-0.1, -0.05) is 76.2 Å². The van der Waals surface area contributed by atoms with Crippen molar-refractivity contribution < 1.29 is 4.79 Å². The van der Waals surface area contributed by atoms with E-state index in [1.54, 1.807) is 0 Å². The Morgan fingerprint density at radius 3 is 2.74 bits per heavy atom. The van der Waals surface area contributed by atoms with E-state index >= 15 is 0 Å². The molecule has 1 saturated carbocycles. The number of anilines is 1. The first-order valence-corrected chi connectivity index (χ1v) is 13.5. The highest BCUT2D eigenvalue weighted by Gasteiger charge is 2.43. The van der Waals surface area contributed by atoms with Gasteiger partial charge in [0.25, 0.3) is 0 Å². The maximum absolute atomic E-state index is 12.6. The number of amides is 1. The second-order valence-electron chi connectivity index (χ2n) is 7.98. The summed E-state index contributed by atoms with van der Waals surface area (Å²) >= 11 is 6.24. The molecule has 5 rings (SSSR count). The molecule has 0 bridgehead atoms. The SMILES string of the molecule is C=CCn1c(SCC(=O)Nc2nc(-c3ccc(Br)cc3)cs2)nnc1C1CC1c1ccccc1. The molecule has 1 fully saturated rings. The molecule has 2 aromatic carbocycles. The van der Waals surface area contributed by atoms with Crippen molar-refractivity contribution in [1.29, 1.82) is 0 Å². The summed E-state index contributed by atoms with van der Waals surface area (Å²) in [7, 11) is 0. The molecule has 172 valence electrons. The van der Waals surface area contributed by atoms with Crippen molar-refractivity contribution in [2.75, 3.05) is 11.1 Å². The van der Waals surface area contributed by atoms with Gasteiger partial charge in [0.2, 0.25) is 5.91 Å². The van der Waals surface area contributed by atoms with Crippen molar-refractivity contribution in [1.82, 2.24) is 19.7 Å². The van der Waals surface area contributed by atoms with Crippen molar-refractivity contribution in [3.63, 3.8) is 0 Å². The predicted molar refractivity (Wildman–Crippen MR) is 141 cm³/mol. The smallest absolute Gasteiger partial charge is 0.236 e. The first-order valence-electron chi connectivity index (χ1n) is 10.9. The minimum absolute atomic E-state index is 0.120. The van der Waals surface area contributed by atoms with Gasteiger partial charge in [-0.05, 0) is 30.0 Å². The average Bonchev–Trinajstić information content (AvgIpc) is 3.34. The number of thiazole rings is 1. The molecular formula is C25H22BrN5OS2. The van der Waals surface area contributed by atoms with E-state index < -0.39 is 0 Å². The fraction of sp³-hybridized carbons (Fsp3) is 0.200. The molecule has 2 atom stereocenters. The Labute approximate surface area is 214 Å². The van der Waals surface area contributed by atoms with Gasteiger partial charge in [0, 0.05) is 27.9 Å². The lowest BCUT2D eigenvalue weighted by atomic mass is 10.1. The van der Waals surface area contributed by atoms with Gasteiger partial charge in [0.05, 0.1) is 11.4 Å². The number of thioether (sulfide) groups is 1. The zero-order valence-corrected chi connectivity index (χ0v) is 21.4. The van der Waals surface area contributed by atoms with Crippen LogP contribution in [0.4, 0.5) is 5.13 Å². The highest BCUT2D eigenvalue weighted by atomic mass is 79.9. The van der Waals surface area contributed by atoms with E-state index in [1.807, 2.05) is 41.8 Å². The van der Waals surface area contributed by atoms with Crippen LogP contribution in [0.15, 0.2) is 82.3 Å². The van der Waals surface area contributed by atoms with E-state index in [1.165, 1.54) is 28.7 Å². The molecule has 2 aromatic heterocycles. The second-order valence-corrected chi connectivity index (χ2v) is 10.7. The lowest BCUT2D eigenvalue weighted by Crippen LogP contribution is -2.14. The molecule has 1 N–H and O–H groups in total. The van der Waals surface area contributed by atoms with Gasteiger partial charge in [0.15, 0.2) is 10.3 Å². The molecule has 1 aliphatic carbocycles. The maximum atomic E-state index is 12.6. The highest BCUT2D eigenvalue weighted by Crippen LogP contribution is 2.54. The fourth-order valence-electron chi connectivity index (χ4n) is 3.90. The van der Waals surface area contributed by atoms with Crippen molar-refractivity contribution >= 4 is 50.1 Å². The zero-order valence-electron chi connectivity index (χ0n) is 18.2. The summed E-state index contributed by atoms with van der Waals surface area (Å²) in [5, 5.41) is 15.0. The lowest BCUT2D eigenvalue weighted by molar-refractivity contribution is -0.113. The van der Waals surface area contributed by atoms with Crippen LogP contribution in [0.5, 0.6) is 0 Å². The third-order valence-electron chi connectivity index (χ3n) is 5.63. The number of nitrogens with zero attached hydrogens (tertiary/aromatic N) is 4. The van der Waals surface area contributed by atoms with Crippen LogP contribution in [0.1, 0.15) is 29.6 Å². The zero-order chi connectivity index (χ0) is 23.5. The number of carbonyl (C=O) groups excluding carboxylic acids is 1. The molecule has 1 amide bonds. The number of hydrogen-bond donors (Lipinski definition) is 1. The normalized spacial score (nSPS) is 16.9. The molecule has 9 heteroatoms. The van der Waals surface area contributed by atoms with Gasteiger partial charge < -0.3 is 9.88 Å². The van der Waals surface area contributed by atoms with Crippen molar-refractivity contribution in [2.24, 2.45) is 0 Å². The number of hydrogen-bond acceptors (Lipinski definition) is 6. The van der Waals surface area contributed by atoms with E-state index in [2.05, 4.69) is 71.8 Å². The van der Waals surface area contributed by atoms with Crippen LogP contribution in [0, 0.1) is 0 Å². The first kappa shape index (κ1) is 23.0. The third-order valence-corrected chi connectivity index (χ3v) is 7.88. The van der Waals surface area contributed by atoms with Crippen LogP contribution < -0.4 is 5.32 Å². The average molecular weight is 553 g/mol. The van der Waals surface area contributed by atoms with E-state index in [0.29, 0.717) is 23.5 Å². The number of halogens is 1. The quantitative estimate of drug-likeness (QED) is 0.194. The van der Waals surface area contributed by atoms with Gasteiger partial charge >= 0.3 is 0 Å². The monoisotopic (exact) mass is 551 g/mol. The molecule has 1 aliphatic rings. The molecule has 0 aliphatic heterocycles. The van der Waals surface area contributed by atoms with Crippen LogP contribution in [-0.2, 0) is 11.3 Å². The largest absolute Gasteiger partial charge is 0.302 e. The summed E-state index contributed by atoms with van der Waals surface area (Å²) in [6.45, 7) is 4.50. The van der Waals surface area contributed by atoms with E-state index in [0.717, 1.165) is 33.1 Å². The summed E-state index contributed by atoms with van der Waals surface area (Å²) in [4.78, 5) is 17.1. The summed E-state index contributed by atoms with van der Waals surface area (Å²) in [6, 6.07) is 18.4. The number of rotatable bonds is 9. The number of carbonyl (C=O) groups is 1. The van der Waals surface area contributed by atoms with E-state index in [9.17, 15) is 4.79 Å². The Bertz CT molecular complexity index is 1300. The topological polar surface area (TPSA) is 72.7 Å². The Balaban J connectivity index is 1.21. The molecule has 2 heterocycles. The maximum Gasteiger partial charge on any atom is 0.236 e. The Morgan fingerprint density at radius 1 is 1.18 bits per heavy atom. The van der Waals surface area contributed by atoms with Crippen LogP contribution >= 0.6 is 39.0 Å². The molecular weight excluding hydrogens is 530 g/mol. The summed E-state index contributed by atoms with van der Waals surface area (Å²) < 4.78 is 3.09. The third kappa shape index (κ3) is 5.16. The fourth-order valence-corrected chi connectivity index (χ4v) is 5.66. The molecule has 0 saturated heterocycles. The van der Waals surface area contributed by atoms with Crippen molar-refractivity contribution in [3.8, 4) is 11.3 Å². The number of nitrogens with one attached hydrogen (secondary N) is 1. The summed E-state index contributed by atoms with van der Waals surface area (Å²) in [5.41, 5.74) is 3.18. The van der Waals surface area contributed by atoms with E-state index in [-0.39, 0.29) is 11.7 Å². The molecule has 0 spiro atoms. The van der Waals surface area contributed by atoms with Crippen molar-refractivity contribution in [3.05, 3.63) is 88.5 Å². The van der Waals surface area contributed by atoms with E-state index in [4.69, 9.17) is 0 Å². The highest BCUT2D eigenvalue weighted by molar-refractivity contribution is 9.10. The Kier molecular flexibility index (Phi) is 6.94. The molecule has 34 heavy (non-hydrogen) atoms. The minimum atomic E-state index is -0.120. The van der Waals surface area contributed by atoms with Gasteiger partial charge in [-0.25, -0.2) is 4.98 Å². The number of aromatic nitrogens is 4. The Hall–Kier alpha value is -2.75. The van der Waals surface area contributed by atoms with Crippen LogP contribution in [-0.4, -0.2) is 31.4 Å². The minimum Gasteiger partial charge on any atom is -0.302 e. The predicted octanol–water partition coefficient (Wildman–Crippen LogP) is 6.35. The van der Waals surface area contributed by atoms with Gasteiger partial charge in [-0.15, -0.1) is 28.1 Å². The summed E-state index contributed by atoms with van der Waals surface area (Å²) in [6.07, 6.45) is 2.91. The first-order chi connectivity index (χ1) is 16.6. The van der Waals surface area contributed by atoms with Crippen LogP contribution in [0.25, 0.3) is 11.3 Å².